The number of amides is 3. The molecule has 2 saturated heterocycles. The lowest BCUT2D eigenvalue weighted by molar-refractivity contribution is -0.158. The van der Waals surface area contributed by atoms with Gasteiger partial charge in [-0.2, -0.15) is 4.39 Å². The van der Waals surface area contributed by atoms with Crippen LogP contribution in [0, 0.1) is 23.0 Å². The third kappa shape index (κ3) is 7.30. The average molecular weight is 734 g/mol. The molecule has 2 aliphatic heterocycles. The molecule has 14 nitrogen and oxygen atoms in total. The number of nitrogens with zero attached hydrogens (tertiary/aromatic N) is 5. The summed E-state index contributed by atoms with van der Waals surface area (Å²) in [6, 6.07) is 7.95. The highest BCUT2D eigenvalue weighted by Gasteiger charge is 2.44. The van der Waals surface area contributed by atoms with Gasteiger partial charge in [-0.1, -0.05) is 6.92 Å². The van der Waals surface area contributed by atoms with Crippen LogP contribution in [0.5, 0.6) is 5.75 Å². The van der Waals surface area contributed by atoms with Crippen molar-refractivity contribution in [1.82, 2.24) is 29.5 Å². The Morgan fingerprint density at radius 3 is 2.38 bits per heavy atom. The standard InChI is InChI=1S/C37H41F2N7O7/c1-4-22-19-24(43-31-32-41-20-27(46(32)18-13-40-31)26-7-8-28(52-2)30(39)29(26)38)5-6-25(22)33(47)42-21-37(35(49)53-3)11-16-44(17-12-37)34(48)23-9-14-45(15-10-23)36(50)51/h5-8,13,18-20,23H,4,9-12,14-17,21H2,1-3H3,(H,40,43)(H,42,47)(H,50,51). The Labute approximate surface area is 304 Å². The first-order valence-corrected chi connectivity index (χ1v) is 17.4. The van der Waals surface area contributed by atoms with Gasteiger partial charge >= 0.3 is 12.1 Å². The first-order chi connectivity index (χ1) is 25.5. The Kier molecular flexibility index (Phi) is 10.8. The molecule has 6 rings (SSSR count). The summed E-state index contributed by atoms with van der Waals surface area (Å²) in [5.74, 6) is -3.16. The van der Waals surface area contributed by atoms with Crippen LogP contribution in [0.25, 0.3) is 16.9 Å². The number of rotatable bonds is 10. The van der Waals surface area contributed by atoms with E-state index in [4.69, 9.17) is 9.47 Å². The number of ether oxygens (including phenoxy) is 2. The number of nitrogens with one attached hydrogen (secondary N) is 2. The maximum absolute atomic E-state index is 14.9. The molecule has 0 radical (unpaired) electrons. The van der Waals surface area contributed by atoms with Gasteiger partial charge in [0.05, 0.1) is 31.5 Å². The van der Waals surface area contributed by atoms with Crippen LogP contribution in [-0.4, -0.2) is 100 Å². The molecular weight excluding hydrogens is 692 g/mol. The van der Waals surface area contributed by atoms with E-state index in [1.807, 2.05) is 13.0 Å². The molecule has 4 aromatic rings. The minimum absolute atomic E-state index is 0.000175. The first-order valence-electron chi connectivity index (χ1n) is 17.4. The number of likely N-dealkylation sites (tertiary alicyclic amines) is 2. The number of methoxy groups -OCH3 is 2. The highest BCUT2D eigenvalue weighted by atomic mass is 19.2. The molecule has 0 saturated carbocycles. The summed E-state index contributed by atoms with van der Waals surface area (Å²) in [5, 5.41) is 15.4. The summed E-state index contributed by atoms with van der Waals surface area (Å²) >= 11 is 0. The van der Waals surface area contributed by atoms with Crippen molar-refractivity contribution in [2.45, 2.75) is 39.0 Å². The quantitative estimate of drug-likeness (QED) is 0.191. The van der Waals surface area contributed by atoms with E-state index in [1.165, 1.54) is 43.6 Å². The van der Waals surface area contributed by atoms with Crippen LogP contribution in [0.15, 0.2) is 48.9 Å². The van der Waals surface area contributed by atoms with Gasteiger partial charge in [-0.05, 0) is 68.0 Å². The number of fused-ring (bicyclic) bond motifs is 1. The predicted octanol–water partition coefficient (Wildman–Crippen LogP) is 4.89. The minimum atomic E-state index is -1.10. The third-order valence-electron chi connectivity index (χ3n) is 10.3. The van der Waals surface area contributed by atoms with E-state index in [9.17, 15) is 33.1 Å². The second kappa shape index (κ2) is 15.4. The van der Waals surface area contributed by atoms with E-state index in [0.717, 1.165) is 5.56 Å². The van der Waals surface area contributed by atoms with Gasteiger partial charge in [0, 0.05) is 67.8 Å². The van der Waals surface area contributed by atoms with Crippen LogP contribution < -0.4 is 15.4 Å². The van der Waals surface area contributed by atoms with Gasteiger partial charge < -0.3 is 35.0 Å². The normalized spacial score (nSPS) is 15.9. The molecule has 0 spiro atoms. The van der Waals surface area contributed by atoms with Crippen LogP contribution in [0.4, 0.5) is 25.1 Å². The number of carbonyl (C=O) groups excluding carboxylic acids is 3. The molecule has 280 valence electrons. The molecule has 16 heteroatoms. The molecular formula is C37H41F2N7O7. The van der Waals surface area contributed by atoms with E-state index >= 15 is 0 Å². The Hall–Kier alpha value is -5.80. The van der Waals surface area contributed by atoms with Crippen LogP contribution in [0.1, 0.15) is 48.5 Å². The number of carboxylic acid groups (broad SMARTS) is 1. The van der Waals surface area contributed by atoms with E-state index < -0.39 is 29.1 Å². The zero-order valence-corrected chi connectivity index (χ0v) is 29.7. The highest BCUT2D eigenvalue weighted by molar-refractivity contribution is 5.96. The second-order valence-electron chi connectivity index (χ2n) is 13.2. The SMILES string of the molecule is CCc1cc(Nc2nccn3c(-c4ccc(OC)c(F)c4F)cnc23)ccc1C(=O)NCC1(C(=O)OC)CCN(C(=O)C2CCN(C(=O)O)CC2)CC1. The van der Waals surface area contributed by atoms with Crippen molar-refractivity contribution in [1.29, 1.82) is 0 Å². The van der Waals surface area contributed by atoms with Crippen molar-refractivity contribution < 1.29 is 42.5 Å². The molecule has 2 aromatic carbocycles. The van der Waals surface area contributed by atoms with Gasteiger partial charge in [-0.25, -0.2) is 19.2 Å². The number of hydrogen-bond donors (Lipinski definition) is 3. The fraction of sp³-hybridized carbons (Fsp3) is 0.405. The average Bonchev–Trinajstić information content (AvgIpc) is 3.62. The number of benzene rings is 2. The van der Waals surface area contributed by atoms with Crippen molar-refractivity contribution in [2.75, 3.05) is 52.3 Å². The number of esters is 1. The maximum Gasteiger partial charge on any atom is 0.407 e. The van der Waals surface area contributed by atoms with Crippen LogP contribution in [-0.2, 0) is 20.7 Å². The Morgan fingerprint density at radius 1 is 0.981 bits per heavy atom. The maximum atomic E-state index is 14.9. The van der Waals surface area contributed by atoms with Gasteiger partial charge in [-0.15, -0.1) is 0 Å². The molecule has 0 aliphatic carbocycles. The molecule has 2 fully saturated rings. The second-order valence-corrected chi connectivity index (χ2v) is 13.2. The van der Waals surface area contributed by atoms with Crippen molar-refractivity contribution >= 4 is 41.0 Å². The summed E-state index contributed by atoms with van der Waals surface area (Å²) in [4.78, 5) is 63.0. The van der Waals surface area contributed by atoms with Crippen LogP contribution in [0.3, 0.4) is 0 Å². The monoisotopic (exact) mass is 733 g/mol. The zero-order valence-electron chi connectivity index (χ0n) is 29.7. The number of imidazole rings is 1. The summed E-state index contributed by atoms with van der Waals surface area (Å²) < 4.78 is 41.1. The van der Waals surface area contributed by atoms with Crippen LogP contribution in [0.2, 0.25) is 0 Å². The molecule has 0 bridgehead atoms. The van der Waals surface area contributed by atoms with Crippen molar-refractivity contribution in [2.24, 2.45) is 11.3 Å². The van der Waals surface area contributed by atoms with Gasteiger partial charge in [0.1, 0.15) is 0 Å². The number of hydrogen-bond acceptors (Lipinski definition) is 9. The zero-order chi connectivity index (χ0) is 37.9. The number of aryl methyl sites for hydroxylation is 1. The lowest BCUT2D eigenvalue weighted by Gasteiger charge is -2.41. The number of piperidine rings is 2. The van der Waals surface area contributed by atoms with E-state index in [1.54, 1.807) is 27.6 Å². The van der Waals surface area contributed by atoms with Crippen molar-refractivity contribution in [3.8, 4) is 17.0 Å². The fourth-order valence-corrected chi connectivity index (χ4v) is 7.16. The largest absolute Gasteiger partial charge is 0.494 e. The number of aromatic nitrogens is 3. The smallest absolute Gasteiger partial charge is 0.407 e. The lowest BCUT2D eigenvalue weighted by atomic mass is 9.77. The summed E-state index contributed by atoms with van der Waals surface area (Å²) in [6.07, 6.45) is 5.56. The van der Waals surface area contributed by atoms with Gasteiger partial charge in [-0.3, -0.25) is 18.8 Å². The topological polar surface area (TPSA) is 168 Å². The molecule has 3 amide bonds. The van der Waals surface area contributed by atoms with E-state index in [2.05, 4.69) is 20.6 Å². The molecule has 2 aromatic heterocycles. The lowest BCUT2D eigenvalue weighted by Crippen LogP contribution is -2.53. The molecule has 53 heavy (non-hydrogen) atoms. The first kappa shape index (κ1) is 37.0. The Morgan fingerprint density at radius 2 is 1.72 bits per heavy atom. The summed E-state index contributed by atoms with van der Waals surface area (Å²) in [6.45, 7) is 3.18. The summed E-state index contributed by atoms with van der Waals surface area (Å²) in [5.41, 5.74) is 1.41. The number of halogens is 2. The molecule has 2 aliphatic rings. The van der Waals surface area contributed by atoms with Crippen molar-refractivity contribution in [3.05, 3.63) is 71.7 Å². The Balaban J connectivity index is 1.12. The van der Waals surface area contributed by atoms with Crippen LogP contribution >= 0.6 is 0 Å². The number of carbonyl (C=O) groups is 4. The predicted molar refractivity (Wildman–Crippen MR) is 189 cm³/mol. The highest BCUT2D eigenvalue weighted by Crippen LogP contribution is 2.35. The molecule has 0 unspecified atom stereocenters. The summed E-state index contributed by atoms with van der Waals surface area (Å²) in [7, 11) is 2.56. The van der Waals surface area contributed by atoms with E-state index in [0.29, 0.717) is 86.7 Å². The molecule has 3 N–H and O–H groups in total. The number of anilines is 2. The molecule has 4 heterocycles. The molecule has 0 atom stereocenters. The third-order valence-corrected chi connectivity index (χ3v) is 10.3. The fourth-order valence-electron chi connectivity index (χ4n) is 7.16. The van der Waals surface area contributed by atoms with Gasteiger partial charge in [0.15, 0.2) is 23.0 Å². The van der Waals surface area contributed by atoms with Gasteiger partial charge in [0.2, 0.25) is 11.7 Å². The van der Waals surface area contributed by atoms with E-state index in [-0.39, 0.29) is 35.6 Å². The minimum Gasteiger partial charge on any atom is -0.494 e. The van der Waals surface area contributed by atoms with Crippen molar-refractivity contribution in [3.63, 3.8) is 0 Å². The van der Waals surface area contributed by atoms with Gasteiger partial charge in [0.25, 0.3) is 5.91 Å². The Bertz CT molecular complexity index is 2040.